The maximum absolute atomic E-state index is 5.51. The van der Waals surface area contributed by atoms with Gasteiger partial charge < -0.3 is 16.8 Å². The van der Waals surface area contributed by atoms with E-state index < -0.39 is 0 Å². The molecular weight excluding hydrogens is 166 g/mol. The summed E-state index contributed by atoms with van der Waals surface area (Å²) in [4.78, 5) is 7.77. The Morgan fingerprint density at radius 2 is 2.15 bits per heavy atom. The number of hydrogen-bond acceptors (Lipinski definition) is 5. The fourth-order valence-corrected chi connectivity index (χ4v) is 0.914. The van der Waals surface area contributed by atoms with E-state index in [-0.39, 0.29) is 5.95 Å². The van der Waals surface area contributed by atoms with Gasteiger partial charge in [-0.15, -0.1) is 0 Å². The van der Waals surface area contributed by atoms with Crippen LogP contribution in [-0.2, 0) is 0 Å². The summed E-state index contributed by atoms with van der Waals surface area (Å²) >= 11 is 0. The molecule has 1 rings (SSSR count). The van der Waals surface area contributed by atoms with Gasteiger partial charge in [0.05, 0.1) is 0 Å². The Morgan fingerprint density at radius 3 is 2.69 bits per heavy atom. The third-order valence-electron chi connectivity index (χ3n) is 1.77. The van der Waals surface area contributed by atoms with E-state index in [9.17, 15) is 0 Å². The van der Waals surface area contributed by atoms with Crippen molar-refractivity contribution in [2.24, 2.45) is 0 Å². The standard InChI is InChI=1S/C8H15N5/c1-3-5(2)11-7-4-6(9)12-8(10)13-7/h4-5H,3H2,1-2H3,(H5,9,10,11,12,13). The van der Waals surface area contributed by atoms with Gasteiger partial charge in [0.25, 0.3) is 0 Å². The first-order chi connectivity index (χ1) is 6.11. The average molecular weight is 181 g/mol. The number of rotatable bonds is 3. The van der Waals surface area contributed by atoms with Gasteiger partial charge in [0, 0.05) is 12.1 Å². The van der Waals surface area contributed by atoms with Crippen molar-refractivity contribution < 1.29 is 0 Å². The van der Waals surface area contributed by atoms with Crippen molar-refractivity contribution in [3.05, 3.63) is 6.07 Å². The number of nitrogens with one attached hydrogen (secondary N) is 1. The maximum Gasteiger partial charge on any atom is 0.223 e. The van der Waals surface area contributed by atoms with Gasteiger partial charge in [-0.05, 0) is 13.3 Å². The van der Waals surface area contributed by atoms with Crippen LogP contribution < -0.4 is 16.8 Å². The minimum Gasteiger partial charge on any atom is -0.383 e. The van der Waals surface area contributed by atoms with Gasteiger partial charge in [-0.1, -0.05) is 6.92 Å². The third kappa shape index (κ3) is 2.77. The van der Waals surface area contributed by atoms with Crippen LogP contribution in [0.25, 0.3) is 0 Å². The highest BCUT2D eigenvalue weighted by molar-refractivity contribution is 5.48. The highest BCUT2D eigenvalue weighted by Gasteiger charge is 2.02. The molecule has 0 aliphatic carbocycles. The lowest BCUT2D eigenvalue weighted by atomic mass is 10.2. The maximum atomic E-state index is 5.51. The molecule has 0 aliphatic rings. The van der Waals surface area contributed by atoms with Gasteiger partial charge >= 0.3 is 0 Å². The Bertz CT molecular complexity index is 266. The molecule has 0 spiro atoms. The van der Waals surface area contributed by atoms with Gasteiger partial charge in [0.1, 0.15) is 11.6 Å². The van der Waals surface area contributed by atoms with Crippen LogP contribution in [-0.4, -0.2) is 16.0 Å². The fourth-order valence-electron chi connectivity index (χ4n) is 0.914. The number of hydrogen-bond donors (Lipinski definition) is 3. The van der Waals surface area contributed by atoms with Crippen molar-refractivity contribution in [3.63, 3.8) is 0 Å². The summed E-state index contributed by atoms with van der Waals surface area (Å²) in [5.74, 6) is 1.27. The second kappa shape index (κ2) is 3.93. The van der Waals surface area contributed by atoms with Crippen molar-refractivity contribution in [1.82, 2.24) is 9.97 Å². The lowest BCUT2D eigenvalue weighted by Gasteiger charge is -2.12. The molecule has 13 heavy (non-hydrogen) atoms. The lowest BCUT2D eigenvalue weighted by molar-refractivity contribution is 0.759. The molecule has 0 bridgehead atoms. The number of nitrogen functional groups attached to an aromatic ring is 2. The SMILES string of the molecule is CCC(C)Nc1cc(N)nc(N)n1. The molecule has 0 amide bonds. The first-order valence-electron chi connectivity index (χ1n) is 4.28. The quantitative estimate of drug-likeness (QED) is 0.643. The zero-order valence-electron chi connectivity index (χ0n) is 7.91. The summed E-state index contributed by atoms with van der Waals surface area (Å²) in [5, 5.41) is 3.16. The second-order valence-electron chi connectivity index (χ2n) is 2.99. The van der Waals surface area contributed by atoms with E-state index in [1.807, 2.05) is 0 Å². The molecule has 1 aromatic rings. The van der Waals surface area contributed by atoms with Crippen LogP contribution in [0.3, 0.4) is 0 Å². The number of nitrogens with two attached hydrogens (primary N) is 2. The van der Waals surface area contributed by atoms with Crippen LogP contribution in [0.5, 0.6) is 0 Å². The van der Waals surface area contributed by atoms with Crippen LogP contribution in [0.2, 0.25) is 0 Å². The Kier molecular flexibility index (Phi) is 2.89. The first kappa shape index (κ1) is 9.57. The summed E-state index contributed by atoms with van der Waals surface area (Å²) in [7, 11) is 0. The van der Waals surface area contributed by atoms with E-state index in [0.717, 1.165) is 6.42 Å². The van der Waals surface area contributed by atoms with Crippen LogP contribution in [0.1, 0.15) is 20.3 Å². The van der Waals surface area contributed by atoms with Crippen LogP contribution in [0.15, 0.2) is 6.07 Å². The van der Waals surface area contributed by atoms with Crippen molar-refractivity contribution in [2.45, 2.75) is 26.3 Å². The second-order valence-corrected chi connectivity index (χ2v) is 2.99. The molecule has 0 aliphatic heterocycles. The Balaban J connectivity index is 2.77. The number of aromatic nitrogens is 2. The van der Waals surface area contributed by atoms with Gasteiger partial charge in [-0.3, -0.25) is 0 Å². The Hall–Kier alpha value is -1.52. The van der Waals surface area contributed by atoms with Crippen LogP contribution >= 0.6 is 0 Å². The first-order valence-corrected chi connectivity index (χ1v) is 4.28. The molecule has 0 radical (unpaired) electrons. The molecule has 1 aromatic heterocycles. The van der Waals surface area contributed by atoms with E-state index in [1.54, 1.807) is 6.07 Å². The van der Waals surface area contributed by atoms with E-state index in [0.29, 0.717) is 17.7 Å². The molecule has 0 aromatic carbocycles. The molecule has 1 unspecified atom stereocenters. The average Bonchev–Trinajstić information content (AvgIpc) is 2.02. The topological polar surface area (TPSA) is 89.8 Å². The van der Waals surface area contributed by atoms with Crippen LogP contribution in [0, 0.1) is 0 Å². The summed E-state index contributed by atoms with van der Waals surface area (Å²) < 4.78 is 0. The predicted octanol–water partition coefficient (Wildman–Crippen LogP) is 0.851. The molecule has 0 fully saturated rings. The smallest absolute Gasteiger partial charge is 0.223 e. The van der Waals surface area contributed by atoms with Gasteiger partial charge in [0.2, 0.25) is 5.95 Å². The Labute approximate surface area is 77.6 Å². The van der Waals surface area contributed by atoms with Gasteiger partial charge in [0.15, 0.2) is 0 Å². The number of anilines is 3. The van der Waals surface area contributed by atoms with E-state index in [1.165, 1.54) is 0 Å². The number of nitrogens with zero attached hydrogens (tertiary/aromatic N) is 2. The monoisotopic (exact) mass is 181 g/mol. The minimum absolute atomic E-state index is 0.200. The molecule has 1 heterocycles. The van der Waals surface area contributed by atoms with Crippen LogP contribution in [0.4, 0.5) is 17.6 Å². The largest absolute Gasteiger partial charge is 0.383 e. The molecular formula is C8H15N5. The van der Waals surface area contributed by atoms with Crippen molar-refractivity contribution in [3.8, 4) is 0 Å². The highest BCUT2D eigenvalue weighted by Crippen LogP contribution is 2.10. The summed E-state index contributed by atoms with van der Waals surface area (Å²) in [6, 6.07) is 2.02. The molecule has 0 saturated heterocycles. The lowest BCUT2D eigenvalue weighted by Crippen LogP contribution is -2.15. The summed E-state index contributed by atoms with van der Waals surface area (Å²) in [5.41, 5.74) is 10.9. The van der Waals surface area contributed by atoms with Crippen molar-refractivity contribution in [2.75, 3.05) is 16.8 Å². The fraction of sp³-hybridized carbons (Fsp3) is 0.500. The molecule has 5 nitrogen and oxygen atoms in total. The van der Waals surface area contributed by atoms with Gasteiger partial charge in [-0.2, -0.15) is 9.97 Å². The zero-order valence-corrected chi connectivity index (χ0v) is 7.91. The van der Waals surface area contributed by atoms with Crippen molar-refractivity contribution in [1.29, 1.82) is 0 Å². The predicted molar refractivity (Wildman–Crippen MR) is 54.2 cm³/mol. The summed E-state index contributed by atoms with van der Waals surface area (Å²) in [6.45, 7) is 4.15. The van der Waals surface area contributed by atoms with E-state index in [2.05, 4.69) is 29.1 Å². The normalized spacial score (nSPS) is 12.5. The van der Waals surface area contributed by atoms with Crippen molar-refractivity contribution >= 4 is 17.6 Å². The molecule has 72 valence electrons. The van der Waals surface area contributed by atoms with Gasteiger partial charge in [-0.25, -0.2) is 0 Å². The molecule has 5 N–H and O–H groups in total. The van der Waals surface area contributed by atoms with E-state index in [4.69, 9.17) is 11.5 Å². The third-order valence-corrected chi connectivity index (χ3v) is 1.77. The van der Waals surface area contributed by atoms with E-state index >= 15 is 0 Å². The molecule has 0 saturated carbocycles. The molecule has 1 atom stereocenters. The zero-order chi connectivity index (χ0) is 9.84. The highest BCUT2D eigenvalue weighted by atomic mass is 15.1. The Morgan fingerprint density at radius 1 is 1.46 bits per heavy atom. The molecule has 5 heteroatoms. The minimum atomic E-state index is 0.200. The summed E-state index contributed by atoms with van der Waals surface area (Å²) in [6.07, 6.45) is 1.02.